The Kier molecular flexibility index (Phi) is 6.69. The Hall–Kier alpha value is -4.12. The Bertz CT molecular complexity index is 1170. The largest absolute Gasteiger partial charge is 0.459 e. The molecule has 2 heterocycles. The van der Waals surface area contributed by atoms with Gasteiger partial charge in [-0.05, 0) is 44.0 Å². The molecule has 8 heteroatoms. The van der Waals surface area contributed by atoms with Crippen LogP contribution in [-0.2, 0) is 16.1 Å². The zero-order valence-corrected chi connectivity index (χ0v) is 18.4. The molecule has 1 fully saturated rings. The molecule has 0 spiro atoms. The summed E-state index contributed by atoms with van der Waals surface area (Å²) in [6, 6.07) is 20.6. The second kappa shape index (κ2) is 10.0. The van der Waals surface area contributed by atoms with Crippen LogP contribution in [0.5, 0.6) is 0 Å². The van der Waals surface area contributed by atoms with E-state index in [9.17, 15) is 14.9 Å². The first kappa shape index (κ1) is 22.1. The number of esters is 1. The highest BCUT2D eigenvalue weighted by molar-refractivity contribution is 5.89. The molecule has 0 aliphatic carbocycles. The van der Waals surface area contributed by atoms with E-state index >= 15 is 0 Å². The number of nitriles is 1. The Morgan fingerprint density at radius 1 is 1.15 bits per heavy atom. The number of para-hydroxylation sites is 2. The van der Waals surface area contributed by atoms with E-state index in [2.05, 4.69) is 16.5 Å². The molecule has 1 unspecified atom stereocenters. The first-order valence-corrected chi connectivity index (χ1v) is 10.9. The lowest BCUT2D eigenvalue weighted by atomic mass is 9.98. The van der Waals surface area contributed by atoms with Gasteiger partial charge in [0.25, 0.3) is 0 Å². The average molecular weight is 444 g/mol. The Morgan fingerprint density at radius 3 is 2.55 bits per heavy atom. The van der Waals surface area contributed by atoms with Crippen LogP contribution in [0.2, 0.25) is 0 Å². The Labute approximate surface area is 192 Å². The lowest BCUT2D eigenvalue weighted by molar-refractivity contribution is -0.151. The number of nitrogens with one attached hydrogen (secondary N) is 1. The number of aromatic nitrogens is 2. The normalized spacial score (nSPS) is 15.5. The number of ether oxygens (including phenoxy) is 1. The van der Waals surface area contributed by atoms with Gasteiger partial charge in [-0.3, -0.25) is 4.79 Å². The van der Waals surface area contributed by atoms with Crippen molar-refractivity contribution in [3.63, 3.8) is 0 Å². The predicted octanol–water partition coefficient (Wildman–Crippen LogP) is 4.04. The summed E-state index contributed by atoms with van der Waals surface area (Å²) in [6.45, 7) is 2.57. The number of nitrogens with zero attached hydrogens (tertiary/aromatic N) is 4. The van der Waals surface area contributed by atoms with E-state index in [-0.39, 0.29) is 18.6 Å². The first-order chi connectivity index (χ1) is 16.1. The van der Waals surface area contributed by atoms with E-state index in [1.165, 1.54) is 0 Å². The SMILES string of the molecule is Cc1nn(-c2ccccc2)c(COC(=O)C2CCCN(C(=O)Nc3ccccc3)C2)c1C#N. The number of amides is 2. The highest BCUT2D eigenvalue weighted by atomic mass is 16.5. The van der Waals surface area contributed by atoms with Crippen molar-refractivity contribution in [3.8, 4) is 11.8 Å². The Balaban J connectivity index is 1.42. The van der Waals surface area contributed by atoms with Gasteiger partial charge in [0.2, 0.25) is 0 Å². The van der Waals surface area contributed by atoms with Crippen molar-refractivity contribution in [2.24, 2.45) is 5.92 Å². The van der Waals surface area contributed by atoms with Gasteiger partial charge in [0, 0.05) is 18.8 Å². The minimum atomic E-state index is -0.417. The Morgan fingerprint density at radius 2 is 1.85 bits per heavy atom. The summed E-state index contributed by atoms with van der Waals surface area (Å²) < 4.78 is 7.26. The predicted molar refractivity (Wildman–Crippen MR) is 123 cm³/mol. The van der Waals surface area contributed by atoms with E-state index < -0.39 is 5.92 Å². The number of rotatable bonds is 5. The van der Waals surface area contributed by atoms with E-state index in [1.807, 2.05) is 60.7 Å². The number of anilines is 1. The molecule has 0 radical (unpaired) electrons. The second-order valence-corrected chi connectivity index (χ2v) is 7.96. The number of hydrogen-bond acceptors (Lipinski definition) is 5. The van der Waals surface area contributed by atoms with Gasteiger partial charge in [-0.25, -0.2) is 9.48 Å². The van der Waals surface area contributed by atoms with Gasteiger partial charge in [0.05, 0.1) is 23.0 Å². The van der Waals surface area contributed by atoms with Crippen molar-refractivity contribution in [1.82, 2.24) is 14.7 Å². The third-order valence-corrected chi connectivity index (χ3v) is 5.69. The fraction of sp³-hybridized carbons (Fsp3) is 0.280. The van der Waals surface area contributed by atoms with Crippen molar-refractivity contribution in [2.75, 3.05) is 18.4 Å². The highest BCUT2D eigenvalue weighted by Crippen LogP contribution is 2.22. The van der Waals surface area contributed by atoms with Gasteiger partial charge in [-0.15, -0.1) is 0 Å². The van der Waals surface area contributed by atoms with Crippen LogP contribution in [0.3, 0.4) is 0 Å². The topological polar surface area (TPSA) is 100 Å². The maximum absolute atomic E-state index is 12.9. The molecule has 3 aromatic rings. The number of aryl methyl sites for hydroxylation is 1. The first-order valence-electron chi connectivity index (χ1n) is 10.9. The van der Waals surface area contributed by atoms with Gasteiger partial charge in [0.1, 0.15) is 18.2 Å². The lowest BCUT2D eigenvalue weighted by Gasteiger charge is -2.31. The smallest absolute Gasteiger partial charge is 0.321 e. The van der Waals surface area contributed by atoms with Crippen molar-refractivity contribution in [3.05, 3.63) is 77.6 Å². The van der Waals surface area contributed by atoms with Crippen LogP contribution in [0.15, 0.2) is 60.7 Å². The number of urea groups is 1. The molecule has 1 aliphatic heterocycles. The molecular formula is C25H25N5O3. The van der Waals surface area contributed by atoms with Gasteiger partial charge in [-0.2, -0.15) is 10.4 Å². The summed E-state index contributed by atoms with van der Waals surface area (Å²) in [7, 11) is 0. The quantitative estimate of drug-likeness (QED) is 0.600. The summed E-state index contributed by atoms with van der Waals surface area (Å²) in [6.07, 6.45) is 1.36. The standard InChI is InChI=1S/C25H25N5O3/c1-18-22(15-26)23(30(28-18)21-12-6-3-7-13-21)17-33-24(31)19-9-8-14-29(16-19)25(32)27-20-10-4-2-5-11-20/h2-7,10-13,19H,8-9,14,16-17H2,1H3,(H,27,32). The maximum Gasteiger partial charge on any atom is 0.321 e. The highest BCUT2D eigenvalue weighted by Gasteiger charge is 2.30. The van der Waals surface area contributed by atoms with Gasteiger partial charge in [-0.1, -0.05) is 36.4 Å². The molecular weight excluding hydrogens is 418 g/mol. The van der Waals surface area contributed by atoms with Gasteiger partial charge in [0.15, 0.2) is 0 Å². The minimum absolute atomic E-state index is 0.0653. The van der Waals surface area contributed by atoms with E-state index in [4.69, 9.17) is 4.74 Å². The van der Waals surface area contributed by atoms with Crippen LogP contribution in [0.1, 0.15) is 29.8 Å². The summed E-state index contributed by atoms with van der Waals surface area (Å²) in [5.74, 6) is -0.797. The van der Waals surface area contributed by atoms with Crippen LogP contribution >= 0.6 is 0 Å². The maximum atomic E-state index is 12.9. The summed E-state index contributed by atoms with van der Waals surface area (Å²) in [5.41, 5.74) is 3.01. The fourth-order valence-electron chi connectivity index (χ4n) is 3.97. The van der Waals surface area contributed by atoms with Crippen molar-refractivity contribution >= 4 is 17.7 Å². The van der Waals surface area contributed by atoms with Gasteiger partial charge >= 0.3 is 12.0 Å². The molecule has 1 atom stereocenters. The second-order valence-electron chi connectivity index (χ2n) is 7.96. The number of carbonyl (C=O) groups excluding carboxylic acids is 2. The zero-order chi connectivity index (χ0) is 23.2. The fourth-order valence-corrected chi connectivity index (χ4v) is 3.97. The average Bonchev–Trinajstić information content (AvgIpc) is 3.18. The molecule has 0 saturated carbocycles. The number of piperidine rings is 1. The van der Waals surface area contributed by atoms with Crippen molar-refractivity contribution in [2.45, 2.75) is 26.4 Å². The molecule has 0 bridgehead atoms. The number of hydrogen-bond donors (Lipinski definition) is 1. The molecule has 168 valence electrons. The number of carbonyl (C=O) groups is 2. The molecule has 1 N–H and O–H groups in total. The summed E-state index contributed by atoms with van der Waals surface area (Å²) in [5, 5.41) is 16.9. The van der Waals surface area contributed by atoms with Crippen molar-refractivity contribution in [1.29, 1.82) is 5.26 Å². The van der Waals surface area contributed by atoms with Crippen LogP contribution in [-0.4, -0.2) is 39.8 Å². The van der Waals surface area contributed by atoms with Crippen LogP contribution in [0.25, 0.3) is 5.69 Å². The van der Waals surface area contributed by atoms with Crippen molar-refractivity contribution < 1.29 is 14.3 Å². The van der Waals surface area contributed by atoms with E-state index in [0.29, 0.717) is 48.6 Å². The number of benzene rings is 2. The molecule has 2 amide bonds. The minimum Gasteiger partial charge on any atom is -0.459 e. The molecule has 4 rings (SSSR count). The molecule has 1 aliphatic rings. The molecule has 1 saturated heterocycles. The third-order valence-electron chi connectivity index (χ3n) is 5.69. The summed E-state index contributed by atoms with van der Waals surface area (Å²) in [4.78, 5) is 27.1. The molecule has 1 aromatic heterocycles. The van der Waals surface area contributed by atoms with Crippen LogP contribution in [0, 0.1) is 24.2 Å². The van der Waals surface area contributed by atoms with E-state index in [0.717, 1.165) is 5.69 Å². The molecule has 2 aromatic carbocycles. The molecule has 33 heavy (non-hydrogen) atoms. The molecule has 8 nitrogen and oxygen atoms in total. The van der Waals surface area contributed by atoms with Crippen LogP contribution in [0.4, 0.5) is 10.5 Å². The van der Waals surface area contributed by atoms with Crippen LogP contribution < -0.4 is 5.32 Å². The number of likely N-dealkylation sites (tertiary alicyclic amines) is 1. The lowest BCUT2D eigenvalue weighted by Crippen LogP contribution is -2.44. The zero-order valence-electron chi connectivity index (χ0n) is 18.4. The van der Waals surface area contributed by atoms with E-state index in [1.54, 1.807) is 16.5 Å². The third kappa shape index (κ3) is 5.04. The summed E-state index contributed by atoms with van der Waals surface area (Å²) >= 11 is 0. The monoisotopic (exact) mass is 443 g/mol. The van der Waals surface area contributed by atoms with Gasteiger partial charge < -0.3 is 15.0 Å².